The van der Waals surface area contributed by atoms with Crippen molar-refractivity contribution in [2.45, 2.75) is 24.4 Å². The van der Waals surface area contributed by atoms with E-state index in [4.69, 9.17) is 25.5 Å². The monoisotopic (exact) mass is 181 g/mol. The zero-order valence-electron chi connectivity index (χ0n) is 7.24. The molecule has 0 amide bonds. The van der Waals surface area contributed by atoms with Crippen molar-refractivity contribution < 1.29 is 31.8 Å². The van der Waals surface area contributed by atoms with E-state index in [9.17, 15) is 4.79 Å². The lowest BCUT2D eigenvalue weighted by atomic mass is 10.0. The summed E-state index contributed by atoms with van der Waals surface area (Å²) < 4.78 is 0. The minimum atomic E-state index is -1.79. The Kier molecular flexibility index (Phi) is 4.95. The fraction of sp³-hybridized carbons (Fsp3) is 0.833. The van der Waals surface area contributed by atoms with Crippen LogP contribution in [0.1, 0.15) is 1.43 Å². The summed E-state index contributed by atoms with van der Waals surface area (Å²) in [6.07, 6.45) is -6.84. The molecule has 0 aliphatic rings. The van der Waals surface area contributed by atoms with E-state index in [1.165, 1.54) is 0 Å². The highest BCUT2D eigenvalue weighted by atomic mass is 16.4. The van der Waals surface area contributed by atoms with Gasteiger partial charge in [0.2, 0.25) is 0 Å². The lowest BCUT2D eigenvalue weighted by Crippen LogP contribution is -2.46. The Balaban J connectivity index is 0. The van der Waals surface area contributed by atoms with Gasteiger partial charge in [-0.3, -0.25) is 0 Å². The molecule has 5 N–H and O–H groups in total. The first kappa shape index (κ1) is 11.5. The summed E-state index contributed by atoms with van der Waals surface area (Å²) in [4.78, 5) is 9.90. The van der Waals surface area contributed by atoms with Gasteiger partial charge in [-0.05, 0) is 0 Å². The highest BCUT2D eigenvalue weighted by Gasteiger charge is 2.29. The molecule has 0 rings (SSSR count). The minimum absolute atomic E-state index is 0. The number of rotatable bonds is 5. The van der Waals surface area contributed by atoms with Crippen LogP contribution in [0.5, 0.6) is 0 Å². The van der Waals surface area contributed by atoms with Crippen LogP contribution in [0.3, 0.4) is 0 Å². The normalized spacial score (nSPS) is 21.1. The fourth-order valence-corrected chi connectivity index (χ4v) is 0.618. The van der Waals surface area contributed by atoms with Gasteiger partial charge in [-0.15, -0.1) is 0 Å². The van der Waals surface area contributed by atoms with Gasteiger partial charge in [-0.1, -0.05) is 0 Å². The van der Waals surface area contributed by atoms with Crippen LogP contribution in [0.25, 0.3) is 0 Å². The second-order valence-electron chi connectivity index (χ2n) is 2.36. The summed E-state index contributed by atoms with van der Waals surface area (Å²) >= 11 is 0. The molecule has 72 valence electrons. The second-order valence-corrected chi connectivity index (χ2v) is 2.36. The van der Waals surface area contributed by atoms with Gasteiger partial charge in [0.1, 0.15) is 24.4 Å². The number of aliphatic hydroxyl groups excluding tert-OH is 5. The fourth-order valence-electron chi connectivity index (χ4n) is 0.618. The number of aldehydes is 1. The topological polar surface area (TPSA) is 118 Å². The average Bonchev–Trinajstić information content (AvgIpc) is 2.12. The smallest absolute Gasteiger partial charge is 0.394 e. The van der Waals surface area contributed by atoms with Crippen molar-refractivity contribution in [2.75, 3.05) is 6.61 Å². The van der Waals surface area contributed by atoms with E-state index in [2.05, 4.69) is 0 Å². The van der Waals surface area contributed by atoms with E-state index < -0.39 is 31.0 Å². The molecule has 0 bridgehead atoms. The molecule has 0 fully saturated rings. The van der Waals surface area contributed by atoms with Crippen LogP contribution in [-0.2, 0) is 4.79 Å². The number of carbonyl (C=O) groups is 1. The molecule has 0 aromatic carbocycles. The van der Waals surface area contributed by atoms with Crippen LogP contribution in [0, 0.1) is 0 Å². The number of hydrogen-bond donors (Lipinski definition) is 5. The molecule has 0 unspecified atom stereocenters. The minimum Gasteiger partial charge on any atom is -0.394 e. The van der Waals surface area contributed by atoms with Gasteiger partial charge in [0.15, 0.2) is 6.29 Å². The summed E-state index contributed by atoms with van der Waals surface area (Å²) in [6, 6.07) is 0. The van der Waals surface area contributed by atoms with Crippen molar-refractivity contribution in [3.8, 4) is 0 Å². The molecule has 0 aromatic heterocycles. The first-order valence-corrected chi connectivity index (χ1v) is 3.33. The molecule has 6 heteroatoms. The van der Waals surface area contributed by atoms with E-state index in [1.807, 2.05) is 0 Å². The standard InChI is InChI=1S/C6H12O6/c7-1-3(9)5(11)6(12)4(10)2-8/h1,3-6,8-12H,2H2/p+1/t3-,4+,5+,6+/m0/s1. The van der Waals surface area contributed by atoms with Gasteiger partial charge in [0, 0.05) is 0 Å². The molecule has 0 heterocycles. The Labute approximate surface area is 70.2 Å². The van der Waals surface area contributed by atoms with Crippen molar-refractivity contribution in [3.05, 3.63) is 0 Å². The van der Waals surface area contributed by atoms with Crippen LogP contribution in [-0.4, -0.2) is 62.8 Å². The highest BCUT2D eigenvalue weighted by Crippen LogP contribution is 2.02. The van der Waals surface area contributed by atoms with Crippen molar-refractivity contribution in [1.29, 1.82) is 0 Å². The summed E-state index contributed by atoms with van der Waals surface area (Å²) in [5.74, 6) is 0. The van der Waals surface area contributed by atoms with E-state index in [1.54, 1.807) is 0 Å². The Morgan fingerprint density at radius 2 is 1.67 bits per heavy atom. The van der Waals surface area contributed by atoms with Crippen molar-refractivity contribution in [1.82, 2.24) is 0 Å². The predicted molar refractivity (Wildman–Crippen MR) is 38.3 cm³/mol. The Morgan fingerprint density at radius 1 is 1.17 bits per heavy atom. The van der Waals surface area contributed by atoms with Gasteiger partial charge < -0.3 is 30.3 Å². The Hall–Kier alpha value is -0.530. The predicted octanol–water partition coefficient (Wildman–Crippen LogP) is -3.27. The maximum atomic E-state index is 9.90. The number of carbonyl (C=O) groups excluding carboxylic acids is 1. The van der Waals surface area contributed by atoms with Crippen molar-refractivity contribution in [3.63, 3.8) is 0 Å². The maximum Gasteiger partial charge on any atom is 1.00 e. The third-order valence-electron chi connectivity index (χ3n) is 1.42. The van der Waals surface area contributed by atoms with E-state index in [-0.39, 0.29) is 7.71 Å². The van der Waals surface area contributed by atoms with Gasteiger partial charge in [-0.25, -0.2) is 0 Å². The first-order chi connectivity index (χ1) is 5.54. The third kappa shape index (κ3) is 2.84. The molecule has 0 aromatic rings. The summed E-state index contributed by atoms with van der Waals surface area (Å²) in [7, 11) is 0. The summed E-state index contributed by atoms with van der Waals surface area (Å²) in [5, 5.41) is 43.5. The zero-order valence-corrected chi connectivity index (χ0v) is 6.24. The van der Waals surface area contributed by atoms with E-state index in [0.717, 1.165) is 0 Å². The molecule has 0 saturated heterocycles. The average molecular weight is 181 g/mol. The third-order valence-corrected chi connectivity index (χ3v) is 1.42. The lowest BCUT2D eigenvalue weighted by Gasteiger charge is -2.22. The number of hydrogen-bond acceptors (Lipinski definition) is 6. The molecule has 0 aliphatic carbocycles. The highest BCUT2D eigenvalue weighted by molar-refractivity contribution is 5.56. The molecular weight excluding hydrogens is 168 g/mol. The van der Waals surface area contributed by atoms with Crippen LogP contribution >= 0.6 is 0 Å². The zero-order chi connectivity index (χ0) is 9.72. The SMILES string of the molecule is O=C[C@H](O)[C@@H](O)[C@H](O)[C@H](O)CO.[H+]. The van der Waals surface area contributed by atoms with Crippen molar-refractivity contribution in [2.24, 2.45) is 0 Å². The van der Waals surface area contributed by atoms with Gasteiger partial charge in [0.25, 0.3) is 0 Å². The summed E-state index contributed by atoms with van der Waals surface area (Å²) in [5.41, 5.74) is 0. The number of aliphatic hydroxyl groups is 5. The second kappa shape index (κ2) is 5.18. The molecule has 0 spiro atoms. The largest absolute Gasteiger partial charge is 1.00 e. The molecule has 12 heavy (non-hydrogen) atoms. The molecule has 4 atom stereocenters. The molecular formula is C6H13O6+. The van der Waals surface area contributed by atoms with Crippen LogP contribution in [0.4, 0.5) is 0 Å². The van der Waals surface area contributed by atoms with Crippen LogP contribution in [0.2, 0.25) is 0 Å². The Morgan fingerprint density at radius 3 is 2.00 bits per heavy atom. The van der Waals surface area contributed by atoms with E-state index >= 15 is 0 Å². The summed E-state index contributed by atoms with van der Waals surface area (Å²) in [6.45, 7) is -0.760. The lowest BCUT2D eigenvalue weighted by molar-refractivity contribution is -0.136. The molecule has 6 nitrogen and oxygen atoms in total. The Bertz CT molecular complexity index is 143. The van der Waals surface area contributed by atoms with Crippen LogP contribution < -0.4 is 0 Å². The molecule has 0 aliphatic heterocycles. The van der Waals surface area contributed by atoms with Gasteiger partial charge in [-0.2, -0.15) is 0 Å². The quantitative estimate of drug-likeness (QED) is 0.284. The van der Waals surface area contributed by atoms with Crippen LogP contribution in [0.15, 0.2) is 0 Å². The van der Waals surface area contributed by atoms with Gasteiger partial charge in [0.05, 0.1) is 6.61 Å². The van der Waals surface area contributed by atoms with Crippen molar-refractivity contribution >= 4 is 6.29 Å². The molecule has 0 saturated carbocycles. The van der Waals surface area contributed by atoms with E-state index in [0.29, 0.717) is 0 Å². The molecule has 0 radical (unpaired) electrons. The first-order valence-electron chi connectivity index (χ1n) is 3.33. The van der Waals surface area contributed by atoms with Gasteiger partial charge >= 0.3 is 1.43 Å². The maximum absolute atomic E-state index is 9.90.